The molecule has 8 nitrogen and oxygen atoms in total. The molecule has 0 N–H and O–H groups in total. The molecule has 0 bridgehead atoms. The van der Waals surface area contributed by atoms with Gasteiger partial charge in [-0.25, -0.2) is 0 Å². The first-order valence-corrected chi connectivity index (χ1v) is 9.13. The Labute approximate surface area is 168 Å². The summed E-state index contributed by atoms with van der Waals surface area (Å²) in [6, 6.07) is 12.8. The molecule has 0 aliphatic carbocycles. The molecule has 1 aromatic heterocycles. The van der Waals surface area contributed by atoms with E-state index in [1.807, 2.05) is 30.3 Å². The summed E-state index contributed by atoms with van der Waals surface area (Å²) in [5.74, 6) is 2.69. The van der Waals surface area contributed by atoms with Gasteiger partial charge in [0.15, 0.2) is 11.5 Å². The number of methoxy groups -OCH3 is 3. The summed E-state index contributed by atoms with van der Waals surface area (Å²) in [7, 11) is 4.76. The molecule has 0 saturated carbocycles. The highest BCUT2D eigenvalue weighted by Gasteiger charge is 2.35. The SMILES string of the molecule is COc1ccc(N2C[C@H](c3nc(-c4ccc(OC)c(OC)c4)no3)CC2=O)cc1. The molecule has 1 amide bonds. The fourth-order valence-corrected chi connectivity index (χ4v) is 3.38. The fourth-order valence-electron chi connectivity index (χ4n) is 3.38. The van der Waals surface area contributed by atoms with Crippen molar-refractivity contribution in [3.8, 4) is 28.6 Å². The summed E-state index contributed by atoms with van der Waals surface area (Å²) < 4.78 is 21.2. The van der Waals surface area contributed by atoms with E-state index in [9.17, 15) is 4.79 Å². The average molecular weight is 395 g/mol. The second-order valence-electron chi connectivity index (χ2n) is 6.63. The molecule has 0 spiro atoms. The fraction of sp³-hybridized carbons (Fsp3) is 0.286. The molecule has 0 radical (unpaired) electrons. The molecular weight excluding hydrogens is 374 g/mol. The van der Waals surface area contributed by atoms with Crippen molar-refractivity contribution in [2.45, 2.75) is 12.3 Å². The van der Waals surface area contributed by atoms with Gasteiger partial charge in [-0.15, -0.1) is 0 Å². The van der Waals surface area contributed by atoms with Crippen LogP contribution >= 0.6 is 0 Å². The number of ether oxygens (including phenoxy) is 3. The number of benzene rings is 2. The first-order chi connectivity index (χ1) is 14.1. The zero-order valence-corrected chi connectivity index (χ0v) is 16.4. The van der Waals surface area contributed by atoms with Gasteiger partial charge in [0.25, 0.3) is 0 Å². The number of carbonyl (C=O) groups excluding carboxylic acids is 1. The summed E-state index contributed by atoms with van der Waals surface area (Å²) in [6.45, 7) is 0.485. The summed E-state index contributed by atoms with van der Waals surface area (Å²) in [5, 5.41) is 4.08. The summed E-state index contributed by atoms with van der Waals surface area (Å²) in [4.78, 5) is 18.8. The number of nitrogens with zero attached hydrogens (tertiary/aromatic N) is 3. The third-order valence-electron chi connectivity index (χ3n) is 4.94. The van der Waals surface area contributed by atoms with Crippen molar-refractivity contribution in [3.63, 3.8) is 0 Å². The maximum Gasteiger partial charge on any atom is 0.232 e. The van der Waals surface area contributed by atoms with E-state index in [-0.39, 0.29) is 11.8 Å². The van der Waals surface area contributed by atoms with Gasteiger partial charge in [0.1, 0.15) is 5.75 Å². The lowest BCUT2D eigenvalue weighted by atomic mass is 10.1. The van der Waals surface area contributed by atoms with Gasteiger partial charge < -0.3 is 23.6 Å². The van der Waals surface area contributed by atoms with E-state index in [0.717, 1.165) is 17.0 Å². The van der Waals surface area contributed by atoms with Crippen molar-refractivity contribution in [2.24, 2.45) is 0 Å². The van der Waals surface area contributed by atoms with Crippen molar-refractivity contribution in [2.75, 3.05) is 32.8 Å². The van der Waals surface area contributed by atoms with Crippen molar-refractivity contribution in [3.05, 3.63) is 48.4 Å². The van der Waals surface area contributed by atoms with E-state index >= 15 is 0 Å². The van der Waals surface area contributed by atoms with Gasteiger partial charge in [0.2, 0.25) is 17.6 Å². The van der Waals surface area contributed by atoms with Crippen LogP contribution in [-0.4, -0.2) is 43.9 Å². The molecule has 4 rings (SSSR count). The lowest BCUT2D eigenvalue weighted by Crippen LogP contribution is -2.24. The second kappa shape index (κ2) is 7.83. The van der Waals surface area contributed by atoms with Crippen LogP contribution in [0.25, 0.3) is 11.4 Å². The molecule has 1 aliphatic rings. The maximum atomic E-state index is 12.5. The minimum absolute atomic E-state index is 0.0195. The Bertz CT molecular complexity index is 1020. The van der Waals surface area contributed by atoms with Gasteiger partial charge in [-0.1, -0.05) is 5.16 Å². The van der Waals surface area contributed by atoms with E-state index in [0.29, 0.717) is 36.2 Å². The quantitative estimate of drug-likeness (QED) is 0.633. The van der Waals surface area contributed by atoms with Crippen LogP contribution in [0, 0.1) is 0 Å². The van der Waals surface area contributed by atoms with E-state index in [1.54, 1.807) is 38.4 Å². The topological polar surface area (TPSA) is 86.9 Å². The summed E-state index contributed by atoms with van der Waals surface area (Å²) in [5.41, 5.74) is 1.56. The van der Waals surface area contributed by atoms with Crippen LogP contribution in [0.15, 0.2) is 47.0 Å². The normalized spacial score (nSPS) is 16.2. The van der Waals surface area contributed by atoms with Gasteiger partial charge in [-0.3, -0.25) is 4.79 Å². The zero-order chi connectivity index (χ0) is 20.4. The molecule has 3 aromatic rings. The van der Waals surface area contributed by atoms with Crippen LogP contribution in [-0.2, 0) is 4.79 Å². The molecule has 1 aliphatic heterocycles. The van der Waals surface area contributed by atoms with Crippen LogP contribution in [0.3, 0.4) is 0 Å². The van der Waals surface area contributed by atoms with Crippen LogP contribution < -0.4 is 19.1 Å². The van der Waals surface area contributed by atoms with Crippen LogP contribution in [0.5, 0.6) is 17.2 Å². The Morgan fingerprint density at radius 2 is 1.76 bits per heavy atom. The van der Waals surface area contributed by atoms with Crippen molar-refractivity contribution >= 4 is 11.6 Å². The summed E-state index contributed by atoms with van der Waals surface area (Å²) >= 11 is 0. The monoisotopic (exact) mass is 395 g/mol. The molecule has 0 unspecified atom stereocenters. The minimum atomic E-state index is -0.161. The first kappa shape index (κ1) is 18.8. The Hall–Kier alpha value is -3.55. The number of hydrogen-bond acceptors (Lipinski definition) is 7. The predicted molar refractivity (Wildman–Crippen MR) is 106 cm³/mol. The highest BCUT2D eigenvalue weighted by Crippen LogP contribution is 2.34. The lowest BCUT2D eigenvalue weighted by Gasteiger charge is -2.16. The zero-order valence-electron chi connectivity index (χ0n) is 16.4. The molecule has 8 heteroatoms. The van der Waals surface area contributed by atoms with Crippen molar-refractivity contribution in [1.82, 2.24) is 10.1 Å². The highest BCUT2D eigenvalue weighted by atomic mass is 16.5. The lowest BCUT2D eigenvalue weighted by molar-refractivity contribution is -0.117. The molecule has 2 heterocycles. The average Bonchev–Trinajstić information content (AvgIpc) is 3.40. The molecule has 150 valence electrons. The first-order valence-electron chi connectivity index (χ1n) is 9.13. The largest absolute Gasteiger partial charge is 0.497 e. The number of rotatable bonds is 6. The Balaban J connectivity index is 1.53. The summed E-state index contributed by atoms with van der Waals surface area (Å²) in [6.07, 6.45) is 0.319. The van der Waals surface area contributed by atoms with Gasteiger partial charge in [0, 0.05) is 24.2 Å². The molecule has 1 saturated heterocycles. The Kier molecular flexibility index (Phi) is 5.07. The number of hydrogen-bond donors (Lipinski definition) is 0. The number of anilines is 1. The minimum Gasteiger partial charge on any atom is -0.497 e. The second-order valence-corrected chi connectivity index (χ2v) is 6.63. The van der Waals surface area contributed by atoms with Crippen molar-refractivity contribution in [1.29, 1.82) is 0 Å². The molecule has 29 heavy (non-hydrogen) atoms. The van der Waals surface area contributed by atoms with Gasteiger partial charge in [-0.2, -0.15) is 4.98 Å². The van der Waals surface area contributed by atoms with Gasteiger partial charge in [-0.05, 0) is 42.5 Å². The van der Waals surface area contributed by atoms with Gasteiger partial charge >= 0.3 is 0 Å². The predicted octanol–water partition coefficient (Wildman–Crippen LogP) is 3.28. The van der Waals surface area contributed by atoms with Crippen LogP contribution in [0.4, 0.5) is 5.69 Å². The molecule has 1 atom stereocenters. The number of aromatic nitrogens is 2. The maximum absolute atomic E-state index is 12.5. The van der Waals surface area contributed by atoms with E-state index in [4.69, 9.17) is 18.7 Å². The van der Waals surface area contributed by atoms with E-state index in [2.05, 4.69) is 10.1 Å². The van der Waals surface area contributed by atoms with E-state index in [1.165, 1.54) is 0 Å². The van der Waals surface area contributed by atoms with Crippen LogP contribution in [0.1, 0.15) is 18.2 Å². The Morgan fingerprint density at radius 3 is 2.45 bits per heavy atom. The third-order valence-corrected chi connectivity index (χ3v) is 4.94. The number of carbonyl (C=O) groups is 1. The van der Waals surface area contributed by atoms with E-state index < -0.39 is 0 Å². The molecule has 1 fully saturated rings. The standard InChI is InChI=1S/C21H21N3O5/c1-26-16-7-5-15(6-8-16)24-12-14(11-19(24)25)21-22-20(23-29-21)13-4-9-17(27-2)18(10-13)28-3/h4-10,14H,11-12H2,1-3H3/t14-/m1/s1. The van der Waals surface area contributed by atoms with Crippen LogP contribution in [0.2, 0.25) is 0 Å². The number of amides is 1. The van der Waals surface area contributed by atoms with Gasteiger partial charge in [0.05, 0.1) is 27.2 Å². The third kappa shape index (κ3) is 3.61. The highest BCUT2D eigenvalue weighted by molar-refractivity contribution is 5.96. The van der Waals surface area contributed by atoms with Crippen molar-refractivity contribution < 1.29 is 23.5 Å². The smallest absolute Gasteiger partial charge is 0.232 e. The molecular formula is C21H21N3O5. The Morgan fingerprint density at radius 1 is 1.00 bits per heavy atom. The molecule has 2 aromatic carbocycles.